The zero-order valence-corrected chi connectivity index (χ0v) is 20.8. The van der Waals surface area contributed by atoms with E-state index >= 15 is 0 Å². The molecule has 6 heteroatoms. The van der Waals surface area contributed by atoms with E-state index in [0.29, 0.717) is 22.7 Å². The van der Waals surface area contributed by atoms with Gasteiger partial charge in [0.1, 0.15) is 17.5 Å². The third kappa shape index (κ3) is 5.85. The first kappa shape index (κ1) is 23.8. The molecule has 3 aromatic rings. The van der Waals surface area contributed by atoms with Crippen molar-refractivity contribution in [1.29, 1.82) is 0 Å². The summed E-state index contributed by atoms with van der Waals surface area (Å²) in [6, 6.07) is 22.2. The maximum Gasteiger partial charge on any atom is 0.255 e. The van der Waals surface area contributed by atoms with Crippen LogP contribution in [0.2, 0.25) is 5.15 Å². The molecule has 3 heterocycles. The number of amides is 1. The molecule has 0 N–H and O–H groups in total. The van der Waals surface area contributed by atoms with Crippen LogP contribution in [0, 0.1) is 5.41 Å². The quantitative estimate of drug-likeness (QED) is 0.408. The molecule has 0 unspecified atom stereocenters. The Morgan fingerprint density at radius 1 is 0.886 bits per heavy atom. The minimum Gasteiger partial charge on any atom is -0.489 e. The van der Waals surface area contributed by atoms with Crippen LogP contribution < -0.4 is 4.74 Å². The standard InChI is InChI=1S/C29H32ClN3O2/c30-27-11-10-24(20-31-27)28(34)33-18-14-29(15-19-33)12-16-32(17-13-29)21-25-8-4-5-9-26(25)35-22-23-6-2-1-3-7-23/h1-11,20H,12-19,21-22H2. The molecule has 2 aliphatic heterocycles. The molecule has 2 aromatic carbocycles. The lowest BCUT2D eigenvalue weighted by molar-refractivity contribution is 0.0283. The fourth-order valence-corrected chi connectivity index (χ4v) is 5.42. The number of hydrogen-bond acceptors (Lipinski definition) is 4. The molecule has 5 nitrogen and oxygen atoms in total. The second-order valence-corrected chi connectivity index (χ2v) is 10.2. The number of carbonyl (C=O) groups is 1. The number of piperidine rings is 2. The number of likely N-dealkylation sites (tertiary alicyclic amines) is 2. The van der Waals surface area contributed by atoms with E-state index < -0.39 is 0 Å². The molecule has 0 atom stereocenters. The van der Waals surface area contributed by atoms with E-state index in [4.69, 9.17) is 16.3 Å². The van der Waals surface area contributed by atoms with Gasteiger partial charge in [-0.3, -0.25) is 9.69 Å². The third-order valence-electron chi connectivity index (χ3n) is 7.61. The minimum atomic E-state index is 0.0635. The second kappa shape index (κ2) is 10.8. The first-order chi connectivity index (χ1) is 17.1. The number of aromatic nitrogens is 1. The van der Waals surface area contributed by atoms with Gasteiger partial charge in [-0.2, -0.15) is 0 Å². The molecule has 1 spiro atoms. The maximum absolute atomic E-state index is 12.8. The highest BCUT2D eigenvalue weighted by Crippen LogP contribution is 2.42. The van der Waals surface area contributed by atoms with Crippen molar-refractivity contribution in [3.63, 3.8) is 0 Å². The van der Waals surface area contributed by atoms with Crippen LogP contribution in [-0.4, -0.2) is 46.9 Å². The van der Waals surface area contributed by atoms with Gasteiger partial charge in [0.2, 0.25) is 0 Å². The lowest BCUT2D eigenvalue weighted by atomic mass is 9.71. The van der Waals surface area contributed by atoms with E-state index in [1.807, 2.05) is 29.2 Å². The Hall–Kier alpha value is -2.89. The summed E-state index contributed by atoms with van der Waals surface area (Å²) in [5.74, 6) is 1.04. The minimum absolute atomic E-state index is 0.0635. The van der Waals surface area contributed by atoms with Gasteiger partial charge in [-0.15, -0.1) is 0 Å². The molecule has 0 aliphatic carbocycles. The van der Waals surface area contributed by atoms with Gasteiger partial charge in [-0.1, -0.05) is 60.1 Å². The second-order valence-electron chi connectivity index (χ2n) is 9.82. The summed E-state index contributed by atoms with van der Waals surface area (Å²) >= 11 is 5.87. The highest BCUT2D eigenvalue weighted by atomic mass is 35.5. The molecule has 0 bridgehead atoms. The fourth-order valence-electron chi connectivity index (χ4n) is 5.31. The molecular weight excluding hydrogens is 458 g/mol. The molecule has 2 fully saturated rings. The molecule has 1 aromatic heterocycles. The Morgan fingerprint density at radius 3 is 2.29 bits per heavy atom. The topological polar surface area (TPSA) is 45.7 Å². The predicted molar refractivity (Wildman–Crippen MR) is 139 cm³/mol. The Morgan fingerprint density at radius 2 is 1.57 bits per heavy atom. The highest BCUT2D eigenvalue weighted by Gasteiger charge is 2.38. The van der Waals surface area contributed by atoms with Crippen molar-refractivity contribution < 1.29 is 9.53 Å². The summed E-state index contributed by atoms with van der Waals surface area (Å²) in [6.45, 7) is 5.30. The predicted octanol–water partition coefficient (Wildman–Crippen LogP) is 5.83. The largest absolute Gasteiger partial charge is 0.489 e. The van der Waals surface area contributed by atoms with Crippen molar-refractivity contribution in [2.75, 3.05) is 26.2 Å². The molecule has 182 valence electrons. The van der Waals surface area contributed by atoms with Crippen molar-refractivity contribution >= 4 is 17.5 Å². The van der Waals surface area contributed by atoms with Gasteiger partial charge in [0.05, 0.1) is 5.56 Å². The Labute approximate surface area is 212 Å². The lowest BCUT2D eigenvalue weighted by Gasteiger charge is -2.47. The molecule has 35 heavy (non-hydrogen) atoms. The van der Waals surface area contributed by atoms with Crippen molar-refractivity contribution in [2.24, 2.45) is 5.41 Å². The summed E-state index contributed by atoms with van der Waals surface area (Å²) in [5.41, 5.74) is 3.40. The molecule has 0 saturated carbocycles. The van der Waals surface area contributed by atoms with Gasteiger partial charge in [0, 0.05) is 31.4 Å². The first-order valence-electron chi connectivity index (χ1n) is 12.5. The molecule has 5 rings (SSSR count). The third-order valence-corrected chi connectivity index (χ3v) is 7.83. The van der Waals surface area contributed by atoms with Crippen molar-refractivity contribution in [3.8, 4) is 5.75 Å². The molecular formula is C29H32ClN3O2. The normalized spacial score (nSPS) is 17.9. The Balaban J connectivity index is 1.12. The van der Waals surface area contributed by atoms with Gasteiger partial charge in [-0.05, 0) is 68.0 Å². The van der Waals surface area contributed by atoms with Crippen molar-refractivity contribution in [2.45, 2.75) is 38.8 Å². The average Bonchev–Trinajstić information content (AvgIpc) is 2.91. The molecule has 2 aliphatic rings. The highest BCUT2D eigenvalue weighted by molar-refractivity contribution is 6.29. The Bertz CT molecular complexity index is 1120. The zero-order valence-electron chi connectivity index (χ0n) is 20.0. The number of nitrogens with zero attached hydrogens (tertiary/aromatic N) is 3. The van der Waals surface area contributed by atoms with E-state index in [-0.39, 0.29) is 5.91 Å². The van der Waals surface area contributed by atoms with Crippen LogP contribution in [-0.2, 0) is 13.2 Å². The van der Waals surface area contributed by atoms with Crippen molar-refractivity contribution in [3.05, 3.63) is 94.8 Å². The number of halogens is 1. The molecule has 1 amide bonds. The zero-order chi connectivity index (χ0) is 24.1. The number of rotatable bonds is 6. The van der Waals surface area contributed by atoms with E-state index in [9.17, 15) is 4.79 Å². The van der Waals surface area contributed by atoms with Gasteiger partial charge in [0.15, 0.2) is 0 Å². The van der Waals surface area contributed by atoms with E-state index in [2.05, 4.69) is 40.2 Å². The van der Waals surface area contributed by atoms with Gasteiger partial charge in [-0.25, -0.2) is 4.98 Å². The van der Waals surface area contributed by atoms with Crippen LogP contribution in [0.25, 0.3) is 0 Å². The smallest absolute Gasteiger partial charge is 0.255 e. The maximum atomic E-state index is 12.8. The summed E-state index contributed by atoms with van der Waals surface area (Å²) in [4.78, 5) is 21.4. The number of pyridine rings is 1. The van der Waals surface area contributed by atoms with Gasteiger partial charge in [0.25, 0.3) is 5.91 Å². The van der Waals surface area contributed by atoms with Crippen LogP contribution in [0.15, 0.2) is 72.9 Å². The van der Waals surface area contributed by atoms with Gasteiger partial charge < -0.3 is 9.64 Å². The van der Waals surface area contributed by atoms with Crippen LogP contribution in [0.5, 0.6) is 5.75 Å². The SMILES string of the molecule is O=C(c1ccc(Cl)nc1)N1CCC2(CCN(Cc3ccccc3OCc3ccccc3)CC2)CC1. The average molecular weight is 490 g/mol. The summed E-state index contributed by atoms with van der Waals surface area (Å²) in [6.07, 6.45) is 6.10. The van der Waals surface area contributed by atoms with E-state index in [1.165, 1.54) is 24.0 Å². The summed E-state index contributed by atoms with van der Waals surface area (Å²) in [5, 5.41) is 0.413. The number of ether oxygens (including phenoxy) is 1. The van der Waals surface area contributed by atoms with E-state index in [0.717, 1.165) is 51.3 Å². The first-order valence-corrected chi connectivity index (χ1v) is 12.9. The Kier molecular flexibility index (Phi) is 7.35. The summed E-state index contributed by atoms with van der Waals surface area (Å²) in [7, 11) is 0. The van der Waals surface area contributed by atoms with Crippen LogP contribution in [0.3, 0.4) is 0 Å². The number of carbonyl (C=O) groups excluding carboxylic acids is 1. The summed E-state index contributed by atoms with van der Waals surface area (Å²) < 4.78 is 6.18. The van der Waals surface area contributed by atoms with Crippen molar-refractivity contribution in [1.82, 2.24) is 14.8 Å². The fraction of sp³-hybridized carbons (Fsp3) is 0.379. The molecule has 0 radical (unpaired) electrons. The van der Waals surface area contributed by atoms with Crippen LogP contribution >= 0.6 is 11.6 Å². The number of hydrogen-bond donors (Lipinski definition) is 0. The van der Waals surface area contributed by atoms with Crippen LogP contribution in [0.1, 0.15) is 47.2 Å². The number of benzene rings is 2. The van der Waals surface area contributed by atoms with E-state index in [1.54, 1.807) is 18.3 Å². The monoisotopic (exact) mass is 489 g/mol. The van der Waals surface area contributed by atoms with Gasteiger partial charge >= 0.3 is 0 Å². The molecule has 2 saturated heterocycles. The van der Waals surface area contributed by atoms with Crippen LogP contribution in [0.4, 0.5) is 0 Å². The number of para-hydroxylation sites is 1. The lowest BCUT2D eigenvalue weighted by Crippen LogP contribution is -2.48.